The third-order valence-corrected chi connectivity index (χ3v) is 4.09. The molecule has 0 unspecified atom stereocenters. The maximum absolute atomic E-state index is 11.4. The first-order chi connectivity index (χ1) is 13.0. The predicted octanol–water partition coefficient (Wildman–Crippen LogP) is 5.00. The van der Waals surface area contributed by atoms with Gasteiger partial charge in [0.1, 0.15) is 11.3 Å². The summed E-state index contributed by atoms with van der Waals surface area (Å²) in [6, 6.07) is 12.9. The van der Waals surface area contributed by atoms with E-state index in [2.05, 4.69) is 4.98 Å². The highest BCUT2D eigenvalue weighted by Gasteiger charge is 2.13. The lowest BCUT2D eigenvalue weighted by atomic mass is 10.1. The third kappa shape index (κ3) is 4.20. The fourth-order valence-corrected chi connectivity index (χ4v) is 2.90. The van der Waals surface area contributed by atoms with Gasteiger partial charge in [0.2, 0.25) is 0 Å². The Morgan fingerprint density at radius 1 is 1.04 bits per heavy atom. The topological polar surface area (TPSA) is 57.6 Å². The van der Waals surface area contributed by atoms with Crippen molar-refractivity contribution >= 4 is 40.6 Å². The monoisotopic (exact) mass is 383 g/mol. The van der Waals surface area contributed by atoms with E-state index in [1.165, 1.54) is 14.0 Å². The van der Waals surface area contributed by atoms with Crippen LogP contribution in [0.4, 0.5) is 0 Å². The molecule has 0 fully saturated rings. The Hall–Kier alpha value is -3.05. The molecular weight excluding hydrogens is 366 g/mol. The summed E-state index contributed by atoms with van der Waals surface area (Å²) in [6.45, 7) is 1.33. The highest BCUT2D eigenvalue weighted by Crippen LogP contribution is 2.36. The number of esters is 1. The minimum Gasteiger partial charge on any atom is -0.494 e. The van der Waals surface area contributed by atoms with E-state index in [1.54, 1.807) is 25.3 Å². The SMILES string of the molecule is COc1cc(Cl)cc(/C=C/c2ccc3cccc(OC)c3n2)c1OC(C)=O. The van der Waals surface area contributed by atoms with E-state index in [-0.39, 0.29) is 0 Å². The van der Waals surface area contributed by atoms with E-state index in [9.17, 15) is 4.79 Å². The van der Waals surface area contributed by atoms with Crippen molar-refractivity contribution < 1.29 is 19.0 Å². The van der Waals surface area contributed by atoms with Gasteiger partial charge in [0.15, 0.2) is 11.5 Å². The second kappa shape index (κ2) is 8.10. The smallest absolute Gasteiger partial charge is 0.308 e. The molecule has 0 saturated carbocycles. The molecule has 0 aliphatic carbocycles. The number of halogens is 1. The van der Waals surface area contributed by atoms with Crippen LogP contribution in [0.2, 0.25) is 5.02 Å². The molecule has 0 N–H and O–H groups in total. The van der Waals surface area contributed by atoms with Crippen LogP contribution >= 0.6 is 11.6 Å². The summed E-state index contributed by atoms with van der Waals surface area (Å²) in [5.41, 5.74) is 2.10. The van der Waals surface area contributed by atoms with Crippen LogP contribution in [0.15, 0.2) is 42.5 Å². The predicted molar refractivity (Wildman–Crippen MR) is 107 cm³/mol. The number of hydrogen-bond donors (Lipinski definition) is 0. The van der Waals surface area contributed by atoms with Crippen molar-refractivity contribution in [1.82, 2.24) is 4.98 Å². The second-order valence-corrected chi connectivity index (χ2v) is 6.16. The number of rotatable bonds is 5. The first kappa shape index (κ1) is 18.7. The fourth-order valence-electron chi connectivity index (χ4n) is 2.68. The first-order valence-corrected chi connectivity index (χ1v) is 8.57. The van der Waals surface area contributed by atoms with E-state index in [1.807, 2.05) is 36.4 Å². The Labute approximate surface area is 162 Å². The summed E-state index contributed by atoms with van der Waals surface area (Å²) in [5.74, 6) is 0.945. The molecule has 0 saturated heterocycles. The van der Waals surface area contributed by atoms with E-state index in [0.717, 1.165) is 16.6 Å². The zero-order valence-electron chi connectivity index (χ0n) is 15.2. The lowest BCUT2D eigenvalue weighted by molar-refractivity contribution is -0.132. The maximum atomic E-state index is 11.4. The van der Waals surface area contributed by atoms with Crippen molar-refractivity contribution in [3.8, 4) is 17.2 Å². The molecule has 3 aromatic rings. The Bertz CT molecular complexity index is 1030. The van der Waals surface area contributed by atoms with Crippen molar-refractivity contribution in [1.29, 1.82) is 0 Å². The Morgan fingerprint density at radius 2 is 1.81 bits per heavy atom. The van der Waals surface area contributed by atoms with Crippen molar-refractivity contribution in [2.24, 2.45) is 0 Å². The summed E-state index contributed by atoms with van der Waals surface area (Å²) in [6.07, 6.45) is 3.58. The molecule has 0 bridgehead atoms. The van der Waals surface area contributed by atoms with Crippen molar-refractivity contribution in [2.75, 3.05) is 14.2 Å². The molecule has 2 aromatic carbocycles. The minimum absolute atomic E-state index is 0.309. The number of carbonyl (C=O) groups excluding carboxylic acids is 1. The van der Waals surface area contributed by atoms with Crippen LogP contribution in [0.3, 0.4) is 0 Å². The summed E-state index contributed by atoms with van der Waals surface area (Å²) in [7, 11) is 3.10. The first-order valence-electron chi connectivity index (χ1n) is 8.19. The molecule has 6 heteroatoms. The van der Waals surface area contributed by atoms with Gasteiger partial charge in [-0.1, -0.05) is 29.8 Å². The molecule has 0 spiro atoms. The average Bonchev–Trinajstić information content (AvgIpc) is 2.66. The number of aromatic nitrogens is 1. The molecule has 1 heterocycles. The van der Waals surface area contributed by atoms with Gasteiger partial charge >= 0.3 is 5.97 Å². The highest BCUT2D eigenvalue weighted by molar-refractivity contribution is 6.31. The molecule has 0 radical (unpaired) electrons. The summed E-state index contributed by atoms with van der Waals surface area (Å²) < 4.78 is 16.0. The van der Waals surface area contributed by atoms with Gasteiger partial charge in [0.25, 0.3) is 0 Å². The Kier molecular flexibility index (Phi) is 5.62. The number of benzene rings is 2. The van der Waals surface area contributed by atoms with Crippen LogP contribution in [0.1, 0.15) is 18.2 Å². The van der Waals surface area contributed by atoms with Crippen molar-refractivity contribution in [3.63, 3.8) is 0 Å². The van der Waals surface area contributed by atoms with Crippen LogP contribution < -0.4 is 14.2 Å². The zero-order chi connectivity index (χ0) is 19.4. The lowest BCUT2D eigenvalue weighted by Crippen LogP contribution is -2.04. The molecular formula is C21H18ClNO4. The fraction of sp³-hybridized carbons (Fsp3) is 0.143. The Balaban J connectivity index is 2.04. The lowest BCUT2D eigenvalue weighted by Gasteiger charge is -2.11. The van der Waals surface area contributed by atoms with Crippen LogP contribution in [0.5, 0.6) is 17.2 Å². The summed E-state index contributed by atoms with van der Waals surface area (Å²) in [5, 5.41) is 1.45. The molecule has 27 heavy (non-hydrogen) atoms. The normalized spacial score (nSPS) is 11.0. The summed E-state index contributed by atoms with van der Waals surface area (Å²) >= 11 is 6.15. The molecule has 5 nitrogen and oxygen atoms in total. The number of fused-ring (bicyclic) bond motifs is 1. The molecule has 3 rings (SSSR count). The van der Waals surface area contributed by atoms with Crippen LogP contribution in [0.25, 0.3) is 23.1 Å². The van der Waals surface area contributed by atoms with E-state index < -0.39 is 5.97 Å². The van der Waals surface area contributed by atoms with Crippen LogP contribution in [0, 0.1) is 0 Å². The van der Waals surface area contributed by atoms with Crippen molar-refractivity contribution in [3.05, 3.63) is 58.7 Å². The van der Waals surface area contributed by atoms with Gasteiger partial charge in [-0.05, 0) is 30.4 Å². The number of ether oxygens (including phenoxy) is 3. The van der Waals surface area contributed by atoms with Crippen LogP contribution in [-0.4, -0.2) is 25.2 Å². The molecule has 0 atom stereocenters. The number of carbonyl (C=O) groups is 1. The van der Waals surface area contributed by atoms with Crippen molar-refractivity contribution in [2.45, 2.75) is 6.92 Å². The van der Waals surface area contributed by atoms with Gasteiger partial charge < -0.3 is 14.2 Å². The van der Waals surface area contributed by atoms with E-state index in [0.29, 0.717) is 27.8 Å². The quantitative estimate of drug-likeness (QED) is 0.458. The van der Waals surface area contributed by atoms with Gasteiger partial charge in [-0.25, -0.2) is 4.98 Å². The van der Waals surface area contributed by atoms with E-state index >= 15 is 0 Å². The van der Waals surface area contributed by atoms with E-state index in [4.69, 9.17) is 25.8 Å². The molecule has 0 amide bonds. The van der Waals surface area contributed by atoms with Gasteiger partial charge in [0.05, 0.1) is 19.9 Å². The van der Waals surface area contributed by atoms with Gasteiger partial charge in [-0.2, -0.15) is 0 Å². The largest absolute Gasteiger partial charge is 0.494 e. The molecule has 138 valence electrons. The number of methoxy groups -OCH3 is 2. The minimum atomic E-state index is -0.446. The number of pyridine rings is 1. The van der Waals surface area contributed by atoms with Gasteiger partial charge in [-0.15, -0.1) is 0 Å². The zero-order valence-corrected chi connectivity index (χ0v) is 15.9. The molecule has 0 aliphatic heterocycles. The molecule has 0 aliphatic rings. The second-order valence-electron chi connectivity index (χ2n) is 5.72. The standard InChI is InChI=1S/C21H18ClNO4/c1-13(24)27-21-15(11-16(22)12-19(21)26-3)8-10-17-9-7-14-5-4-6-18(25-2)20(14)23-17/h4-12H,1-3H3/b10-8+. The molecule has 1 aromatic heterocycles. The highest BCUT2D eigenvalue weighted by atomic mass is 35.5. The number of nitrogens with zero attached hydrogens (tertiary/aromatic N) is 1. The number of hydrogen-bond acceptors (Lipinski definition) is 5. The maximum Gasteiger partial charge on any atom is 0.308 e. The Morgan fingerprint density at radius 3 is 2.52 bits per heavy atom. The van der Waals surface area contributed by atoms with Gasteiger partial charge in [0, 0.05) is 29.0 Å². The average molecular weight is 384 g/mol. The van der Waals surface area contributed by atoms with Crippen LogP contribution in [-0.2, 0) is 4.79 Å². The summed E-state index contributed by atoms with van der Waals surface area (Å²) in [4.78, 5) is 16.1. The number of para-hydroxylation sites is 1. The van der Waals surface area contributed by atoms with Gasteiger partial charge in [-0.3, -0.25) is 4.79 Å². The third-order valence-electron chi connectivity index (χ3n) is 3.87.